The molecule has 1 radical (unpaired) electrons. The Labute approximate surface area is 143 Å². The van der Waals surface area contributed by atoms with E-state index in [0.29, 0.717) is 24.7 Å². The van der Waals surface area contributed by atoms with Gasteiger partial charge in [0.05, 0.1) is 30.7 Å². The van der Waals surface area contributed by atoms with Crippen LogP contribution in [0.25, 0.3) is 5.57 Å². The minimum Gasteiger partial charge on any atom is -0.377 e. The third-order valence-electron chi connectivity index (χ3n) is 3.98. The number of ether oxygens (including phenoxy) is 1. The Morgan fingerprint density at radius 1 is 1.38 bits per heavy atom. The van der Waals surface area contributed by atoms with E-state index in [1.165, 1.54) is 6.26 Å². The molecule has 0 saturated carbocycles. The van der Waals surface area contributed by atoms with Crippen LogP contribution in [0.1, 0.15) is 24.9 Å². The summed E-state index contributed by atoms with van der Waals surface area (Å²) < 4.78 is 28.9. The number of aromatic nitrogens is 2. The Balaban J connectivity index is 2.02. The highest BCUT2D eigenvalue weighted by molar-refractivity contribution is 7.89. The van der Waals surface area contributed by atoms with Gasteiger partial charge in [0, 0.05) is 24.4 Å². The van der Waals surface area contributed by atoms with Gasteiger partial charge >= 0.3 is 0 Å². The summed E-state index contributed by atoms with van der Waals surface area (Å²) in [7, 11) is -3.16. The maximum Gasteiger partial charge on any atom is 0.161 e. The third kappa shape index (κ3) is 4.21. The first-order valence-electron chi connectivity index (χ1n) is 8.03. The van der Waals surface area contributed by atoms with Gasteiger partial charge in [-0.3, -0.25) is 0 Å². The van der Waals surface area contributed by atoms with Crippen molar-refractivity contribution in [3.63, 3.8) is 0 Å². The molecular weight excluding hydrogens is 326 g/mol. The summed E-state index contributed by atoms with van der Waals surface area (Å²) in [6.45, 7) is 4.09. The van der Waals surface area contributed by atoms with E-state index in [1.807, 2.05) is 18.2 Å². The topological polar surface area (TPSA) is 72.4 Å². The van der Waals surface area contributed by atoms with E-state index in [2.05, 4.69) is 23.2 Å². The number of nitrogens with zero attached hydrogens (tertiary/aromatic N) is 3. The van der Waals surface area contributed by atoms with Crippen LogP contribution in [0.2, 0.25) is 0 Å². The van der Waals surface area contributed by atoms with Gasteiger partial charge in [-0.25, -0.2) is 18.4 Å². The molecule has 2 heterocycles. The lowest BCUT2D eigenvalue weighted by Crippen LogP contribution is -2.44. The highest BCUT2D eigenvalue weighted by atomic mass is 32.2. The minimum atomic E-state index is -3.16. The van der Waals surface area contributed by atoms with Gasteiger partial charge in [-0.05, 0) is 19.8 Å². The fourth-order valence-corrected chi connectivity index (χ4v) is 3.53. The second kappa shape index (κ2) is 7.03. The highest BCUT2D eigenvalue weighted by Gasteiger charge is 2.22. The molecule has 1 saturated heterocycles. The second-order valence-corrected chi connectivity index (χ2v) is 8.36. The summed E-state index contributed by atoms with van der Waals surface area (Å²) in [4.78, 5) is 11.3. The molecule has 1 aromatic heterocycles. The number of sulfone groups is 1. The molecule has 2 aliphatic rings. The first kappa shape index (κ1) is 17.1. The maximum absolute atomic E-state index is 11.7. The van der Waals surface area contributed by atoms with Crippen LogP contribution >= 0.6 is 0 Å². The van der Waals surface area contributed by atoms with Crippen LogP contribution < -0.4 is 4.90 Å². The van der Waals surface area contributed by atoms with Gasteiger partial charge in [0.1, 0.15) is 5.82 Å². The van der Waals surface area contributed by atoms with E-state index in [1.54, 1.807) is 6.07 Å². The molecular formula is C17H22N3O3S. The van der Waals surface area contributed by atoms with Crippen molar-refractivity contribution in [2.45, 2.75) is 25.1 Å². The van der Waals surface area contributed by atoms with Gasteiger partial charge in [-0.1, -0.05) is 18.2 Å². The molecule has 1 aliphatic carbocycles. The van der Waals surface area contributed by atoms with Crippen LogP contribution in [0.5, 0.6) is 0 Å². The fraction of sp³-hybridized carbons (Fsp3) is 0.471. The Morgan fingerprint density at radius 3 is 2.88 bits per heavy atom. The van der Waals surface area contributed by atoms with Gasteiger partial charge in [0.2, 0.25) is 0 Å². The van der Waals surface area contributed by atoms with Gasteiger partial charge in [0.25, 0.3) is 0 Å². The number of hydrogen-bond donors (Lipinski definition) is 0. The third-order valence-corrected chi connectivity index (χ3v) is 4.80. The standard InChI is InChI=1S/C17H22N3O3S/c1-13-11-23-9-8-20(13)16-10-15(12-24(2,21)22)18-17(19-16)14-6-4-3-5-7-14/h3-4,6-7,10,13H,5,8-9,11-12H2,1-2H3/t13-/m0/s1. The zero-order valence-electron chi connectivity index (χ0n) is 14.0. The smallest absolute Gasteiger partial charge is 0.161 e. The minimum absolute atomic E-state index is 0.0860. The van der Waals surface area contributed by atoms with E-state index in [0.717, 1.165) is 24.4 Å². The number of allylic oxidation sites excluding steroid dienone is 4. The molecule has 24 heavy (non-hydrogen) atoms. The predicted octanol–water partition coefficient (Wildman–Crippen LogP) is 1.79. The number of morpholine rings is 1. The van der Waals surface area contributed by atoms with Crippen LogP contribution in [0.4, 0.5) is 5.82 Å². The number of hydrogen-bond acceptors (Lipinski definition) is 6. The Bertz CT molecular complexity index is 771. The van der Waals surface area contributed by atoms with Crippen LogP contribution in [-0.2, 0) is 20.3 Å². The molecule has 0 N–H and O–H groups in total. The maximum atomic E-state index is 11.7. The van der Waals surface area contributed by atoms with Crippen LogP contribution in [0.15, 0.2) is 24.3 Å². The number of anilines is 1. The van der Waals surface area contributed by atoms with Crippen molar-refractivity contribution in [1.82, 2.24) is 9.97 Å². The molecule has 0 bridgehead atoms. The SMILES string of the molecule is C[C@H]1COCCN1c1cc(CS(C)(=O)=O)nc(C2=CC[CH]C=C2)n1. The van der Waals surface area contributed by atoms with Gasteiger partial charge in [0.15, 0.2) is 15.7 Å². The molecule has 7 heteroatoms. The molecule has 129 valence electrons. The fourth-order valence-electron chi connectivity index (χ4n) is 2.85. The zero-order valence-corrected chi connectivity index (χ0v) is 14.8. The van der Waals surface area contributed by atoms with E-state index >= 15 is 0 Å². The number of rotatable bonds is 4. The quantitative estimate of drug-likeness (QED) is 0.826. The van der Waals surface area contributed by atoms with E-state index in [4.69, 9.17) is 9.72 Å². The Morgan fingerprint density at radius 2 is 2.21 bits per heavy atom. The molecule has 3 rings (SSSR count). The predicted molar refractivity (Wildman–Crippen MR) is 94.2 cm³/mol. The van der Waals surface area contributed by atoms with Crippen molar-refractivity contribution in [1.29, 1.82) is 0 Å². The van der Waals surface area contributed by atoms with Gasteiger partial charge < -0.3 is 9.64 Å². The Kier molecular flexibility index (Phi) is 5.01. The normalized spacial score (nSPS) is 21.7. The van der Waals surface area contributed by atoms with Crippen molar-refractivity contribution < 1.29 is 13.2 Å². The second-order valence-electron chi connectivity index (χ2n) is 6.22. The summed E-state index contributed by atoms with van der Waals surface area (Å²) in [5.74, 6) is 1.25. The summed E-state index contributed by atoms with van der Waals surface area (Å²) in [6.07, 6.45) is 10.1. The first-order valence-corrected chi connectivity index (χ1v) is 10.1. The van der Waals surface area contributed by atoms with Crippen LogP contribution in [0, 0.1) is 6.42 Å². The van der Waals surface area contributed by atoms with Crippen molar-refractivity contribution >= 4 is 21.2 Å². The monoisotopic (exact) mass is 348 g/mol. The molecule has 0 amide bonds. The summed E-state index contributed by atoms with van der Waals surface area (Å²) in [5.41, 5.74) is 1.45. The molecule has 1 aromatic rings. The largest absolute Gasteiger partial charge is 0.377 e. The average Bonchev–Trinajstić information content (AvgIpc) is 2.54. The lowest BCUT2D eigenvalue weighted by molar-refractivity contribution is 0.0985. The summed E-state index contributed by atoms with van der Waals surface area (Å²) >= 11 is 0. The van der Waals surface area contributed by atoms with Gasteiger partial charge in [-0.15, -0.1) is 0 Å². The van der Waals surface area contributed by atoms with Crippen molar-refractivity contribution in [2.24, 2.45) is 0 Å². The molecule has 0 aromatic carbocycles. The highest BCUT2D eigenvalue weighted by Crippen LogP contribution is 2.24. The summed E-state index contributed by atoms with van der Waals surface area (Å²) in [5, 5.41) is 0. The van der Waals surface area contributed by atoms with Crippen molar-refractivity contribution in [3.8, 4) is 0 Å². The summed E-state index contributed by atoms with van der Waals surface area (Å²) in [6, 6.07) is 1.97. The van der Waals surface area contributed by atoms with Gasteiger partial charge in [-0.2, -0.15) is 0 Å². The zero-order chi connectivity index (χ0) is 17.2. The van der Waals surface area contributed by atoms with E-state index in [9.17, 15) is 8.42 Å². The molecule has 1 atom stereocenters. The lowest BCUT2D eigenvalue weighted by atomic mass is 10.1. The lowest BCUT2D eigenvalue weighted by Gasteiger charge is -2.34. The average molecular weight is 348 g/mol. The van der Waals surface area contributed by atoms with Crippen LogP contribution in [-0.4, -0.2) is 50.4 Å². The molecule has 6 nitrogen and oxygen atoms in total. The Hall–Kier alpha value is -1.73. The molecule has 1 aliphatic heterocycles. The molecule has 1 fully saturated rings. The molecule has 0 spiro atoms. The van der Waals surface area contributed by atoms with E-state index in [-0.39, 0.29) is 11.8 Å². The van der Waals surface area contributed by atoms with E-state index < -0.39 is 9.84 Å². The van der Waals surface area contributed by atoms with Crippen LogP contribution in [0.3, 0.4) is 0 Å². The first-order chi connectivity index (χ1) is 11.4. The van der Waals surface area contributed by atoms with Crippen molar-refractivity contribution in [2.75, 3.05) is 30.9 Å². The molecule has 0 unspecified atom stereocenters. The van der Waals surface area contributed by atoms with Crippen molar-refractivity contribution in [3.05, 3.63) is 42.2 Å².